The minimum Gasteiger partial charge on any atom is -0.399 e. The van der Waals surface area contributed by atoms with Crippen LogP contribution in [0.1, 0.15) is 18.4 Å². The van der Waals surface area contributed by atoms with Crippen LogP contribution < -0.4 is 11.1 Å². The van der Waals surface area contributed by atoms with Crippen LogP contribution in [-0.2, 0) is 0 Å². The van der Waals surface area contributed by atoms with Crippen molar-refractivity contribution in [1.29, 1.82) is 0 Å². The highest BCUT2D eigenvalue weighted by Gasteiger charge is 2.15. The van der Waals surface area contributed by atoms with E-state index in [1.807, 2.05) is 18.2 Å². The van der Waals surface area contributed by atoms with Gasteiger partial charge in [-0.15, -0.1) is 0 Å². The van der Waals surface area contributed by atoms with Crippen molar-refractivity contribution in [2.24, 2.45) is 4.99 Å². The second kappa shape index (κ2) is 3.70. The molecular weight excluding hydrogens is 174 g/mol. The van der Waals surface area contributed by atoms with Gasteiger partial charge in [0.2, 0.25) is 0 Å². The van der Waals surface area contributed by atoms with Gasteiger partial charge in [0.1, 0.15) is 5.84 Å². The molecule has 1 aliphatic rings. The monoisotopic (exact) mass is 189 g/mol. The molecule has 0 fully saturated rings. The van der Waals surface area contributed by atoms with Crippen molar-refractivity contribution >= 4 is 11.5 Å². The lowest BCUT2D eigenvalue weighted by Gasteiger charge is -2.12. The molecule has 1 aliphatic heterocycles. The van der Waals surface area contributed by atoms with Crippen molar-refractivity contribution in [3.63, 3.8) is 0 Å². The lowest BCUT2D eigenvalue weighted by atomic mass is 9.99. The highest BCUT2D eigenvalue weighted by Crippen LogP contribution is 2.19. The lowest BCUT2D eigenvalue weighted by molar-refractivity contribution is 0.919. The number of hydrogen-bond acceptors (Lipinski definition) is 3. The summed E-state index contributed by atoms with van der Waals surface area (Å²) in [6, 6.07) is 7.98. The van der Waals surface area contributed by atoms with Crippen LogP contribution in [0.5, 0.6) is 0 Å². The van der Waals surface area contributed by atoms with E-state index in [1.165, 1.54) is 5.56 Å². The van der Waals surface area contributed by atoms with E-state index in [2.05, 4.69) is 23.3 Å². The maximum Gasteiger partial charge on any atom is 0.104 e. The van der Waals surface area contributed by atoms with E-state index in [4.69, 9.17) is 5.73 Å². The first kappa shape index (κ1) is 9.06. The lowest BCUT2D eigenvalue weighted by Crippen LogP contribution is -2.23. The average Bonchev–Trinajstić information content (AvgIpc) is 2.69. The van der Waals surface area contributed by atoms with Crippen molar-refractivity contribution in [3.8, 4) is 0 Å². The molecular formula is C11H15N3. The van der Waals surface area contributed by atoms with Gasteiger partial charge in [-0.05, 0) is 17.7 Å². The van der Waals surface area contributed by atoms with Crippen molar-refractivity contribution in [2.75, 3.05) is 18.8 Å². The quantitative estimate of drug-likeness (QED) is 0.690. The molecule has 0 spiro atoms. The van der Waals surface area contributed by atoms with E-state index >= 15 is 0 Å². The Labute approximate surface area is 84.0 Å². The second-order valence-electron chi connectivity index (χ2n) is 3.59. The maximum absolute atomic E-state index is 5.73. The fraction of sp³-hybridized carbons (Fsp3) is 0.364. The summed E-state index contributed by atoms with van der Waals surface area (Å²) in [4.78, 5) is 4.41. The second-order valence-corrected chi connectivity index (χ2v) is 3.59. The van der Waals surface area contributed by atoms with Gasteiger partial charge in [0.15, 0.2) is 0 Å². The van der Waals surface area contributed by atoms with Crippen molar-refractivity contribution < 1.29 is 0 Å². The van der Waals surface area contributed by atoms with Gasteiger partial charge in [-0.25, -0.2) is 0 Å². The summed E-state index contributed by atoms with van der Waals surface area (Å²) in [7, 11) is 0. The van der Waals surface area contributed by atoms with Crippen LogP contribution in [0.2, 0.25) is 0 Å². The Kier molecular flexibility index (Phi) is 2.39. The van der Waals surface area contributed by atoms with Gasteiger partial charge >= 0.3 is 0 Å². The number of hydrogen-bond donors (Lipinski definition) is 2. The van der Waals surface area contributed by atoms with Crippen molar-refractivity contribution in [2.45, 2.75) is 12.8 Å². The number of rotatable bonds is 2. The third kappa shape index (κ3) is 1.71. The van der Waals surface area contributed by atoms with Crippen LogP contribution >= 0.6 is 0 Å². The van der Waals surface area contributed by atoms with E-state index in [0.29, 0.717) is 5.92 Å². The minimum atomic E-state index is 0.320. The van der Waals surface area contributed by atoms with Gasteiger partial charge in [0.25, 0.3) is 0 Å². The summed E-state index contributed by atoms with van der Waals surface area (Å²) >= 11 is 0. The molecule has 3 nitrogen and oxygen atoms in total. The average molecular weight is 189 g/mol. The summed E-state index contributed by atoms with van der Waals surface area (Å²) in [5.41, 5.74) is 7.77. The Morgan fingerprint density at radius 2 is 2.36 bits per heavy atom. The molecule has 1 unspecified atom stereocenters. The summed E-state index contributed by atoms with van der Waals surface area (Å²) in [6.07, 6.45) is 0. The van der Waals surface area contributed by atoms with Gasteiger partial charge < -0.3 is 11.1 Å². The first-order chi connectivity index (χ1) is 6.77. The number of nitrogens with two attached hydrogens (primary N) is 1. The van der Waals surface area contributed by atoms with Crippen LogP contribution in [0.25, 0.3) is 0 Å². The standard InChI is InChI=1S/C11H15N3/c1-8(11-13-5-6-14-11)9-3-2-4-10(12)7-9/h2-4,7-8H,5-6,12H2,1H3,(H,13,14). The Hall–Kier alpha value is -1.51. The van der Waals surface area contributed by atoms with Gasteiger partial charge in [0.05, 0.1) is 6.54 Å². The van der Waals surface area contributed by atoms with Crippen LogP contribution in [0.3, 0.4) is 0 Å². The van der Waals surface area contributed by atoms with E-state index in [-0.39, 0.29) is 0 Å². The van der Waals surface area contributed by atoms with E-state index in [9.17, 15) is 0 Å². The Balaban J connectivity index is 2.22. The molecule has 0 amide bonds. The van der Waals surface area contributed by atoms with Crippen molar-refractivity contribution in [3.05, 3.63) is 29.8 Å². The molecule has 14 heavy (non-hydrogen) atoms. The van der Waals surface area contributed by atoms with Crippen molar-refractivity contribution in [1.82, 2.24) is 5.32 Å². The molecule has 3 heteroatoms. The summed E-state index contributed by atoms with van der Waals surface area (Å²) in [5.74, 6) is 1.40. The number of nitrogens with zero attached hydrogens (tertiary/aromatic N) is 1. The zero-order valence-electron chi connectivity index (χ0n) is 8.33. The van der Waals surface area contributed by atoms with Gasteiger partial charge in [-0.2, -0.15) is 0 Å². The normalized spacial score (nSPS) is 17.4. The van der Waals surface area contributed by atoms with E-state index in [0.717, 1.165) is 24.6 Å². The molecule has 0 saturated carbocycles. The molecule has 0 saturated heterocycles. The van der Waals surface area contributed by atoms with E-state index in [1.54, 1.807) is 0 Å². The van der Waals surface area contributed by atoms with Gasteiger partial charge in [0, 0.05) is 18.2 Å². The molecule has 1 aromatic carbocycles. The predicted molar refractivity (Wildman–Crippen MR) is 59.6 cm³/mol. The molecule has 0 radical (unpaired) electrons. The Morgan fingerprint density at radius 3 is 3.00 bits per heavy atom. The summed E-state index contributed by atoms with van der Waals surface area (Å²) in [5, 5.41) is 3.28. The number of anilines is 1. The predicted octanol–water partition coefficient (Wildman–Crippen LogP) is 1.37. The first-order valence-electron chi connectivity index (χ1n) is 4.91. The maximum atomic E-state index is 5.73. The van der Waals surface area contributed by atoms with Gasteiger partial charge in [-0.3, -0.25) is 4.99 Å². The first-order valence-corrected chi connectivity index (χ1v) is 4.91. The molecule has 2 rings (SSSR count). The SMILES string of the molecule is CC(C1=NCCN1)c1cccc(N)c1. The molecule has 0 aromatic heterocycles. The third-order valence-corrected chi connectivity index (χ3v) is 2.52. The van der Waals surface area contributed by atoms with E-state index < -0.39 is 0 Å². The highest BCUT2D eigenvalue weighted by molar-refractivity contribution is 5.89. The summed E-state index contributed by atoms with van der Waals surface area (Å²) in [6.45, 7) is 4.00. The molecule has 1 atom stereocenters. The Bertz CT molecular complexity index is 357. The molecule has 0 bridgehead atoms. The van der Waals surface area contributed by atoms with Gasteiger partial charge in [-0.1, -0.05) is 19.1 Å². The third-order valence-electron chi connectivity index (χ3n) is 2.52. The van der Waals surface area contributed by atoms with Crippen LogP contribution in [-0.4, -0.2) is 18.9 Å². The number of nitrogen functional groups attached to an aromatic ring is 1. The molecule has 3 N–H and O–H groups in total. The highest BCUT2D eigenvalue weighted by atomic mass is 15.1. The number of nitrogens with one attached hydrogen (secondary N) is 1. The minimum absolute atomic E-state index is 0.320. The molecule has 0 aliphatic carbocycles. The smallest absolute Gasteiger partial charge is 0.104 e. The largest absolute Gasteiger partial charge is 0.399 e. The number of benzene rings is 1. The number of amidine groups is 1. The topological polar surface area (TPSA) is 50.4 Å². The fourth-order valence-electron chi connectivity index (χ4n) is 1.69. The molecule has 1 heterocycles. The number of aliphatic imine (C=N–C) groups is 1. The van der Waals surface area contributed by atoms with Crippen LogP contribution in [0.4, 0.5) is 5.69 Å². The zero-order chi connectivity index (χ0) is 9.97. The summed E-state index contributed by atoms with van der Waals surface area (Å²) < 4.78 is 0. The van der Waals surface area contributed by atoms with Crippen LogP contribution in [0.15, 0.2) is 29.3 Å². The Morgan fingerprint density at radius 1 is 1.50 bits per heavy atom. The fourth-order valence-corrected chi connectivity index (χ4v) is 1.69. The molecule has 74 valence electrons. The molecule has 1 aromatic rings. The zero-order valence-corrected chi connectivity index (χ0v) is 8.33. The van der Waals surface area contributed by atoms with Crippen LogP contribution in [0, 0.1) is 0 Å².